The third-order valence-corrected chi connectivity index (χ3v) is 3.19. The van der Waals surface area contributed by atoms with Gasteiger partial charge in [0.25, 0.3) is 5.91 Å². The Hall–Kier alpha value is -0.650. The Labute approximate surface area is 96.8 Å². The zero-order valence-corrected chi connectivity index (χ0v) is 10.2. The van der Waals surface area contributed by atoms with Crippen molar-refractivity contribution in [1.29, 1.82) is 0 Å². The summed E-state index contributed by atoms with van der Waals surface area (Å²) in [7, 11) is 1.60. The van der Waals surface area contributed by atoms with Crippen molar-refractivity contribution >= 4 is 5.91 Å². The predicted molar refractivity (Wildman–Crippen MR) is 60.8 cm³/mol. The number of hydroxylamine groups is 1. The lowest BCUT2D eigenvalue weighted by atomic mass is 9.78. The van der Waals surface area contributed by atoms with Crippen LogP contribution in [0.1, 0.15) is 26.2 Å². The number of ether oxygens (including phenoxy) is 1. The fourth-order valence-electron chi connectivity index (χ4n) is 1.97. The van der Waals surface area contributed by atoms with Gasteiger partial charge in [0.1, 0.15) is 0 Å². The number of carbonyl (C=O) groups is 1. The fraction of sp³-hybridized carbons (Fsp3) is 0.909. The molecule has 1 heterocycles. The number of hydrogen-bond donors (Lipinski definition) is 2. The van der Waals surface area contributed by atoms with Crippen LogP contribution in [0, 0.1) is 5.41 Å². The first-order valence-corrected chi connectivity index (χ1v) is 5.87. The molecular formula is C11H22N2O3. The Morgan fingerprint density at radius 1 is 1.50 bits per heavy atom. The Morgan fingerprint density at radius 3 is 2.88 bits per heavy atom. The van der Waals surface area contributed by atoms with Crippen molar-refractivity contribution in [3.05, 3.63) is 0 Å². The maximum atomic E-state index is 12.0. The Kier molecular flexibility index (Phi) is 5.73. The lowest BCUT2D eigenvalue weighted by Gasteiger charge is -2.34. The van der Waals surface area contributed by atoms with Gasteiger partial charge in [0.05, 0.1) is 18.6 Å². The monoisotopic (exact) mass is 230 g/mol. The van der Waals surface area contributed by atoms with Gasteiger partial charge < -0.3 is 10.1 Å². The van der Waals surface area contributed by atoms with Crippen LogP contribution >= 0.6 is 0 Å². The first-order chi connectivity index (χ1) is 7.75. The highest BCUT2D eigenvalue weighted by molar-refractivity contribution is 5.82. The van der Waals surface area contributed by atoms with Crippen molar-refractivity contribution in [1.82, 2.24) is 10.8 Å². The number of carbonyl (C=O) groups excluding carboxylic acids is 1. The second-order valence-corrected chi connectivity index (χ2v) is 4.19. The average Bonchev–Trinajstić information content (AvgIpc) is 2.35. The molecule has 1 atom stereocenters. The summed E-state index contributed by atoms with van der Waals surface area (Å²) >= 11 is 0. The molecule has 1 aliphatic heterocycles. The Balaban J connectivity index is 2.36. The van der Waals surface area contributed by atoms with E-state index < -0.39 is 0 Å². The highest BCUT2D eigenvalue weighted by Gasteiger charge is 2.37. The predicted octanol–water partition coefficient (Wildman–Crippen LogP) is 0.460. The van der Waals surface area contributed by atoms with E-state index >= 15 is 0 Å². The van der Waals surface area contributed by atoms with Gasteiger partial charge in [0.15, 0.2) is 0 Å². The zero-order chi connectivity index (χ0) is 11.9. The van der Waals surface area contributed by atoms with Crippen LogP contribution in [0.15, 0.2) is 0 Å². The highest BCUT2D eigenvalue weighted by atomic mass is 16.7. The van der Waals surface area contributed by atoms with Crippen molar-refractivity contribution < 1.29 is 14.4 Å². The van der Waals surface area contributed by atoms with Crippen LogP contribution in [-0.4, -0.2) is 39.3 Å². The van der Waals surface area contributed by atoms with Gasteiger partial charge in [-0.1, -0.05) is 6.92 Å². The standard InChI is InChI=1S/C11H22N2O3/c1-3-11(5-4-6-12-9-11)10(14)13-16-8-7-15-2/h12H,3-9H2,1-2H3,(H,13,14). The second kappa shape index (κ2) is 6.83. The molecule has 1 aliphatic rings. The minimum atomic E-state index is -0.300. The van der Waals surface area contributed by atoms with Crippen molar-refractivity contribution in [2.45, 2.75) is 26.2 Å². The van der Waals surface area contributed by atoms with Gasteiger partial charge in [0, 0.05) is 13.7 Å². The van der Waals surface area contributed by atoms with Crippen molar-refractivity contribution in [3.63, 3.8) is 0 Å². The molecule has 0 aromatic heterocycles. The smallest absolute Gasteiger partial charge is 0.251 e. The molecule has 0 saturated carbocycles. The third kappa shape index (κ3) is 3.43. The van der Waals surface area contributed by atoms with E-state index in [1.807, 2.05) is 6.92 Å². The summed E-state index contributed by atoms with van der Waals surface area (Å²) in [5.74, 6) is -0.0155. The lowest BCUT2D eigenvalue weighted by Crippen LogP contribution is -2.50. The molecule has 94 valence electrons. The molecule has 0 aliphatic carbocycles. The SMILES string of the molecule is CCC1(C(=O)NOCCOC)CCCNC1. The highest BCUT2D eigenvalue weighted by Crippen LogP contribution is 2.30. The summed E-state index contributed by atoms with van der Waals surface area (Å²) in [6.45, 7) is 4.65. The molecule has 1 saturated heterocycles. The lowest BCUT2D eigenvalue weighted by molar-refractivity contribution is -0.146. The molecule has 0 spiro atoms. The first-order valence-electron chi connectivity index (χ1n) is 5.87. The number of piperidine rings is 1. The summed E-state index contributed by atoms with van der Waals surface area (Å²) in [5, 5.41) is 3.27. The van der Waals surface area contributed by atoms with Crippen LogP contribution in [0.4, 0.5) is 0 Å². The van der Waals surface area contributed by atoms with Crippen LogP contribution in [-0.2, 0) is 14.4 Å². The van der Waals surface area contributed by atoms with E-state index in [1.54, 1.807) is 7.11 Å². The van der Waals surface area contributed by atoms with Crippen LogP contribution in [0.25, 0.3) is 0 Å². The summed E-state index contributed by atoms with van der Waals surface area (Å²) < 4.78 is 4.83. The van der Waals surface area contributed by atoms with Gasteiger partial charge in [-0.2, -0.15) is 0 Å². The Morgan fingerprint density at radius 2 is 2.31 bits per heavy atom. The van der Waals surface area contributed by atoms with E-state index in [0.717, 1.165) is 32.4 Å². The van der Waals surface area contributed by atoms with E-state index in [4.69, 9.17) is 9.57 Å². The van der Waals surface area contributed by atoms with Crippen molar-refractivity contribution in [2.24, 2.45) is 5.41 Å². The minimum absolute atomic E-state index is 0.0155. The van der Waals surface area contributed by atoms with Crippen LogP contribution in [0.5, 0.6) is 0 Å². The van der Waals surface area contributed by atoms with Gasteiger partial charge in [-0.3, -0.25) is 9.63 Å². The molecule has 5 nitrogen and oxygen atoms in total. The number of methoxy groups -OCH3 is 1. The van der Waals surface area contributed by atoms with Crippen LogP contribution in [0.3, 0.4) is 0 Å². The maximum absolute atomic E-state index is 12.0. The van der Waals surface area contributed by atoms with Crippen molar-refractivity contribution in [3.8, 4) is 0 Å². The van der Waals surface area contributed by atoms with Gasteiger partial charge in [-0.05, 0) is 25.8 Å². The fourth-order valence-corrected chi connectivity index (χ4v) is 1.97. The molecule has 5 heteroatoms. The van der Waals surface area contributed by atoms with E-state index in [9.17, 15) is 4.79 Å². The van der Waals surface area contributed by atoms with E-state index in [-0.39, 0.29) is 11.3 Å². The van der Waals surface area contributed by atoms with Crippen LogP contribution in [0.2, 0.25) is 0 Å². The van der Waals surface area contributed by atoms with Gasteiger partial charge in [-0.25, -0.2) is 5.48 Å². The molecule has 2 N–H and O–H groups in total. The summed E-state index contributed by atoms with van der Waals surface area (Å²) in [6.07, 6.45) is 2.80. The summed E-state index contributed by atoms with van der Waals surface area (Å²) in [4.78, 5) is 17.1. The topological polar surface area (TPSA) is 59.6 Å². The van der Waals surface area contributed by atoms with E-state index in [0.29, 0.717) is 13.2 Å². The van der Waals surface area contributed by atoms with Gasteiger partial charge in [0.2, 0.25) is 0 Å². The number of hydrogen-bond acceptors (Lipinski definition) is 4. The van der Waals surface area contributed by atoms with Crippen molar-refractivity contribution in [2.75, 3.05) is 33.4 Å². The molecular weight excluding hydrogens is 208 g/mol. The van der Waals surface area contributed by atoms with Gasteiger partial charge >= 0.3 is 0 Å². The number of rotatable bonds is 6. The summed E-state index contributed by atoms with van der Waals surface area (Å²) in [6, 6.07) is 0. The first kappa shape index (κ1) is 13.4. The zero-order valence-electron chi connectivity index (χ0n) is 10.2. The largest absolute Gasteiger partial charge is 0.382 e. The number of amides is 1. The molecule has 0 bridgehead atoms. The van der Waals surface area contributed by atoms with E-state index in [1.165, 1.54) is 0 Å². The molecule has 1 rings (SSSR count). The molecule has 0 radical (unpaired) electrons. The molecule has 16 heavy (non-hydrogen) atoms. The van der Waals surface area contributed by atoms with E-state index in [2.05, 4.69) is 10.8 Å². The summed E-state index contributed by atoms with van der Waals surface area (Å²) in [5.41, 5.74) is 2.22. The third-order valence-electron chi connectivity index (χ3n) is 3.19. The molecule has 0 aromatic rings. The Bertz CT molecular complexity index is 215. The molecule has 1 fully saturated rings. The average molecular weight is 230 g/mol. The maximum Gasteiger partial charge on any atom is 0.251 e. The van der Waals surface area contributed by atoms with Gasteiger partial charge in [-0.15, -0.1) is 0 Å². The second-order valence-electron chi connectivity index (χ2n) is 4.19. The quantitative estimate of drug-likeness (QED) is 0.514. The molecule has 1 amide bonds. The molecule has 1 unspecified atom stereocenters. The number of nitrogens with one attached hydrogen (secondary N) is 2. The molecule has 0 aromatic carbocycles. The van der Waals surface area contributed by atoms with Crippen LogP contribution < -0.4 is 10.8 Å². The minimum Gasteiger partial charge on any atom is -0.382 e. The normalized spacial score (nSPS) is 25.4.